The fourth-order valence-electron chi connectivity index (χ4n) is 2.36. The molecule has 1 amide bonds. The van der Waals surface area contributed by atoms with Crippen LogP contribution in [0.25, 0.3) is 0 Å². The van der Waals surface area contributed by atoms with Gasteiger partial charge in [0.25, 0.3) is 5.91 Å². The van der Waals surface area contributed by atoms with E-state index in [1.807, 2.05) is 54.6 Å². The second-order valence-corrected chi connectivity index (χ2v) is 6.00. The molecule has 2 aromatic rings. The van der Waals surface area contributed by atoms with E-state index in [1.165, 1.54) is 5.01 Å². The van der Waals surface area contributed by atoms with Crippen molar-refractivity contribution < 1.29 is 14.3 Å². The summed E-state index contributed by atoms with van der Waals surface area (Å²) >= 11 is 5.96. The second kappa shape index (κ2) is 8.37. The predicted octanol–water partition coefficient (Wildman–Crippen LogP) is 3.35. The van der Waals surface area contributed by atoms with Crippen molar-refractivity contribution in [3.63, 3.8) is 0 Å². The molecule has 0 spiro atoms. The highest BCUT2D eigenvalue weighted by Gasteiger charge is 2.22. The average Bonchev–Trinajstić information content (AvgIpc) is 2.66. The minimum Gasteiger partial charge on any atom is -0.489 e. The van der Waals surface area contributed by atoms with Gasteiger partial charge in [-0.2, -0.15) is 5.26 Å². The zero-order chi connectivity index (χ0) is 18.4. The van der Waals surface area contributed by atoms with Crippen LogP contribution in [0.3, 0.4) is 0 Å². The summed E-state index contributed by atoms with van der Waals surface area (Å²) in [7, 11) is 0. The lowest BCUT2D eigenvalue weighted by molar-refractivity contribution is -0.135. The quantitative estimate of drug-likeness (QED) is 0.782. The van der Waals surface area contributed by atoms with E-state index in [0.29, 0.717) is 23.3 Å². The molecular formula is C19H16ClN3O3. The van der Waals surface area contributed by atoms with Gasteiger partial charge in [0.2, 0.25) is 5.90 Å². The predicted molar refractivity (Wildman–Crippen MR) is 96.7 cm³/mol. The van der Waals surface area contributed by atoms with E-state index < -0.39 is 0 Å². The van der Waals surface area contributed by atoms with Crippen molar-refractivity contribution in [3.8, 4) is 11.8 Å². The van der Waals surface area contributed by atoms with E-state index in [0.717, 1.165) is 11.1 Å². The molecule has 0 atom stereocenters. The van der Waals surface area contributed by atoms with E-state index in [9.17, 15) is 4.79 Å². The summed E-state index contributed by atoms with van der Waals surface area (Å²) < 4.78 is 11.1. The van der Waals surface area contributed by atoms with Gasteiger partial charge in [-0.05, 0) is 42.0 Å². The minimum atomic E-state index is -0.259. The van der Waals surface area contributed by atoms with Crippen molar-refractivity contribution in [1.82, 2.24) is 5.01 Å². The van der Waals surface area contributed by atoms with Crippen LogP contribution < -0.4 is 4.74 Å². The lowest BCUT2D eigenvalue weighted by Crippen LogP contribution is -2.37. The van der Waals surface area contributed by atoms with Crippen LogP contribution >= 0.6 is 11.6 Å². The fraction of sp³-hybridized carbons (Fsp3) is 0.211. The highest BCUT2D eigenvalue weighted by molar-refractivity contribution is 6.30. The number of halogens is 1. The van der Waals surface area contributed by atoms with E-state index >= 15 is 0 Å². The Bertz CT molecular complexity index is 859. The Morgan fingerprint density at radius 3 is 2.81 bits per heavy atom. The van der Waals surface area contributed by atoms with Gasteiger partial charge < -0.3 is 9.47 Å². The van der Waals surface area contributed by atoms with Crippen molar-refractivity contribution in [2.75, 3.05) is 13.2 Å². The van der Waals surface area contributed by atoms with Crippen molar-refractivity contribution in [1.29, 1.82) is 5.26 Å². The molecule has 0 saturated carbocycles. The number of rotatable bonds is 6. The molecule has 6 nitrogen and oxygen atoms in total. The Morgan fingerprint density at radius 1 is 1.27 bits per heavy atom. The van der Waals surface area contributed by atoms with Gasteiger partial charge in [-0.3, -0.25) is 4.79 Å². The van der Waals surface area contributed by atoms with Crippen LogP contribution in [0.4, 0.5) is 0 Å². The average molecular weight is 370 g/mol. The lowest BCUT2D eigenvalue weighted by Gasteiger charge is -2.23. The zero-order valence-electron chi connectivity index (χ0n) is 13.9. The molecule has 0 saturated heterocycles. The standard InChI is InChI=1S/C19H16ClN3O3/c20-16-4-1-3-14(11-16)12-25-17-7-5-15(6-8-17)19-22-23(10-2-9-21)18(24)13-26-19/h1,3-8,11H,2,10,12-13H2. The first-order valence-corrected chi connectivity index (χ1v) is 8.40. The molecular weight excluding hydrogens is 354 g/mol. The molecule has 1 aliphatic heterocycles. The van der Waals surface area contributed by atoms with Crippen LogP contribution in [0.15, 0.2) is 53.6 Å². The van der Waals surface area contributed by atoms with Crippen LogP contribution in [0.1, 0.15) is 17.5 Å². The van der Waals surface area contributed by atoms with Crippen LogP contribution in [0, 0.1) is 11.3 Å². The molecule has 0 fully saturated rings. The van der Waals surface area contributed by atoms with Crippen LogP contribution in [-0.2, 0) is 16.1 Å². The largest absolute Gasteiger partial charge is 0.489 e. The number of benzene rings is 2. The first-order valence-electron chi connectivity index (χ1n) is 8.02. The molecule has 26 heavy (non-hydrogen) atoms. The van der Waals surface area contributed by atoms with Gasteiger partial charge >= 0.3 is 0 Å². The third-order valence-electron chi connectivity index (χ3n) is 3.66. The van der Waals surface area contributed by atoms with Crippen LogP contribution in [-0.4, -0.2) is 30.0 Å². The molecule has 0 radical (unpaired) electrons. The summed E-state index contributed by atoms with van der Waals surface area (Å²) in [4.78, 5) is 11.7. The minimum absolute atomic E-state index is 0.0860. The van der Waals surface area contributed by atoms with Crippen molar-refractivity contribution >= 4 is 23.4 Å². The monoisotopic (exact) mass is 369 g/mol. The fourth-order valence-corrected chi connectivity index (χ4v) is 2.57. The number of ether oxygens (including phenoxy) is 2. The first kappa shape index (κ1) is 17.8. The lowest BCUT2D eigenvalue weighted by atomic mass is 10.2. The number of nitrogens with zero attached hydrogens (tertiary/aromatic N) is 3. The van der Waals surface area contributed by atoms with Crippen molar-refractivity contribution in [2.24, 2.45) is 5.10 Å². The molecule has 0 N–H and O–H groups in total. The Hall–Kier alpha value is -3.04. The number of carbonyl (C=O) groups excluding carboxylic acids is 1. The maximum Gasteiger partial charge on any atom is 0.280 e. The summed E-state index contributed by atoms with van der Waals surface area (Å²) in [6.45, 7) is 0.577. The van der Waals surface area contributed by atoms with Gasteiger partial charge in [-0.25, -0.2) is 5.01 Å². The van der Waals surface area contributed by atoms with E-state index in [-0.39, 0.29) is 25.5 Å². The Kier molecular flexibility index (Phi) is 5.72. The first-order chi connectivity index (χ1) is 12.7. The number of hydrazone groups is 1. The summed E-state index contributed by atoms with van der Waals surface area (Å²) in [6, 6.07) is 16.7. The molecule has 0 bridgehead atoms. The van der Waals surface area contributed by atoms with E-state index in [1.54, 1.807) is 0 Å². The number of nitriles is 1. The smallest absolute Gasteiger partial charge is 0.280 e. The Morgan fingerprint density at radius 2 is 2.08 bits per heavy atom. The van der Waals surface area contributed by atoms with E-state index in [2.05, 4.69) is 5.10 Å². The Balaban J connectivity index is 1.65. The Labute approximate surface area is 156 Å². The number of carbonyl (C=O) groups is 1. The van der Waals surface area contributed by atoms with Crippen molar-refractivity contribution in [3.05, 3.63) is 64.7 Å². The van der Waals surface area contributed by atoms with Gasteiger partial charge in [0.1, 0.15) is 12.4 Å². The number of hydrogen-bond donors (Lipinski definition) is 0. The third-order valence-corrected chi connectivity index (χ3v) is 3.90. The highest BCUT2D eigenvalue weighted by atomic mass is 35.5. The molecule has 7 heteroatoms. The molecule has 0 unspecified atom stereocenters. The molecule has 0 aliphatic carbocycles. The third kappa shape index (κ3) is 4.52. The molecule has 0 aromatic heterocycles. The summed E-state index contributed by atoms with van der Waals surface area (Å²) in [5.74, 6) is 0.789. The van der Waals surface area contributed by atoms with Gasteiger partial charge in [0.15, 0.2) is 6.61 Å². The van der Waals surface area contributed by atoms with Gasteiger partial charge in [0.05, 0.1) is 19.0 Å². The SMILES string of the molecule is N#CCCN1N=C(c2ccc(OCc3cccc(Cl)c3)cc2)OCC1=O. The second-order valence-electron chi connectivity index (χ2n) is 5.56. The van der Waals surface area contributed by atoms with Crippen molar-refractivity contribution in [2.45, 2.75) is 13.0 Å². The van der Waals surface area contributed by atoms with Gasteiger partial charge in [-0.15, -0.1) is 5.10 Å². The number of amides is 1. The molecule has 132 valence electrons. The molecule has 3 rings (SSSR count). The number of hydrogen-bond acceptors (Lipinski definition) is 5. The topological polar surface area (TPSA) is 74.9 Å². The van der Waals surface area contributed by atoms with E-state index in [4.69, 9.17) is 26.3 Å². The summed E-state index contributed by atoms with van der Waals surface area (Å²) in [6.07, 6.45) is 0.221. The van der Waals surface area contributed by atoms with Crippen LogP contribution in [0.2, 0.25) is 5.02 Å². The molecule has 1 aliphatic rings. The van der Waals surface area contributed by atoms with Gasteiger partial charge in [-0.1, -0.05) is 23.7 Å². The van der Waals surface area contributed by atoms with Crippen LogP contribution in [0.5, 0.6) is 5.75 Å². The highest BCUT2D eigenvalue weighted by Crippen LogP contribution is 2.18. The summed E-state index contributed by atoms with van der Waals surface area (Å²) in [5, 5.41) is 14.8. The van der Waals surface area contributed by atoms with Gasteiger partial charge in [0, 0.05) is 10.6 Å². The maximum absolute atomic E-state index is 11.7. The normalized spacial score (nSPS) is 13.6. The summed E-state index contributed by atoms with van der Waals surface area (Å²) in [5.41, 5.74) is 1.71. The maximum atomic E-state index is 11.7. The zero-order valence-corrected chi connectivity index (χ0v) is 14.6. The molecule has 1 heterocycles. The molecule has 2 aromatic carbocycles.